The molecule has 2 aliphatic rings. The normalized spacial score (nSPS) is 32.4. The molecule has 0 aliphatic heterocycles. The molecule has 18 heavy (non-hydrogen) atoms. The lowest BCUT2D eigenvalue weighted by atomic mass is 9.82. The molecule has 3 nitrogen and oxygen atoms in total. The molecule has 2 N–H and O–H groups in total. The second-order valence-corrected chi connectivity index (χ2v) is 6.69. The minimum atomic E-state index is 0.0534. The fraction of sp³-hybridized carbons (Fsp3) is 0.786. The monoisotopic (exact) mass is 267 g/mol. The Morgan fingerprint density at radius 1 is 1.39 bits per heavy atom. The first kappa shape index (κ1) is 12.5. The van der Waals surface area contributed by atoms with Gasteiger partial charge in [-0.15, -0.1) is 0 Å². The van der Waals surface area contributed by atoms with Crippen LogP contribution in [0.1, 0.15) is 57.3 Å². The van der Waals surface area contributed by atoms with Gasteiger partial charge in [0, 0.05) is 6.04 Å². The largest absolute Gasteiger partial charge is 0.322 e. The molecule has 100 valence electrons. The Hall–Kier alpha value is -0.540. The zero-order valence-electron chi connectivity index (χ0n) is 11.1. The summed E-state index contributed by atoms with van der Waals surface area (Å²) in [6.45, 7) is 4.25. The molecule has 1 aromatic rings. The molecule has 0 radical (unpaired) electrons. The number of halogens is 1. The highest BCUT2D eigenvalue weighted by molar-refractivity contribution is 6.31. The van der Waals surface area contributed by atoms with E-state index in [2.05, 4.69) is 18.9 Å². The van der Waals surface area contributed by atoms with E-state index in [9.17, 15) is 0 Å². The van der Waals surface area contributed by atoms with Crippen LogP contribution >= 0.6 is 11.6 Å². The quantitative estimate of drug-likeness (QED) is 0.910. The lowest BCUT2D eigenvalue weighted by Crippen LogP contribution is -2.29. The topological polar surface area (TPSA) is 43.8 Å². The van der Waals surface area contributed by atoms with Crippen molar-refractivity contribution in [2.24, 2.45) is 23.5 Å². The number of nitrogens with two attached hydrogens (primary N) is 1. The first-order chi connectivity index (χ1) is 8.58. The van der Waals surface area contributed by atoms with E-state index in [1.54, 1.807) is 6.20 Å². The van der Waals surface area contributed by atoms with Crippen LogP contribution in [0.4, 0.5) is 0 Å². The van der Waals surface area contributed by atoms with E-state index < -0.39 is 0 Å². The Balaban J connectivity index is 1.88. The van der Waals surface area contributed by atoms with Gasteiger partial charge in [-0.25, -0.2) is 0 Å². The van der Waals surface area contributed by atoms with Gasteiger partial charge in [0.25, 0.3) is 0 Å². The number of nitrogens with zero attached hydrogens (tertiary/aromatic N) is 2. The molecule has 0 spiro atoms. The fourth-order valence-electron chi connectivity index (χ4n) is 4.01. The third kappa shape index (κ3) is 1.88. The average Bonchev–Trinajstić information content (AvgIpc) is 3.01. The maximum atomic E-state index is 6.53. The number of hydrogen-bond acceptors (Lipinski definition) is 2. The van der Waals surface area contributed by atoms with E-state index in [1.165, 1.54) is 25.7 Å². The summed E-state index contributed by atoms with van der Waals surface area (Å²) in [7, 11) is 0. The van der Waals surface area contributed by atoms with Crippen LogP contribution in [-0.2, 0) is 0 Å². The molecule has 2 saturated carbocycles. The van der Waals surface area contributed by atoms with Crippen molar-refractivity contribution in [3.05, 3.63) is 16.9 Å². The molecule has 0 aromatic carbocycles. The molecular formula is C14H22ClN3. The van der Waals surface area contributed by atoms with Crippen LogP contribution in [-0.4, -0.2) is 9.78 Å². The third-order valence-corrected chi connectivity index (χ3v) is 5.14. The second-order valence-electron chi connectivity index (χ2n) is 6.28. The van der Waals surface area contributed by atoms with Crippen LogP contribution in [0.5, 0.6) is 0 Å². The van der Waals surface area contributed by atoms with Gasteiger partial charge in [0.05, 0.1) is 23.0 Å². The van der Waals surface area contributed by atoms with Gasteiger partial charge < -0.3 is 5.73 Å². The highest BCUT2D eigenvalue weighted by atomic mass is 35.5. The Bertz CT molecular complexity index is 440. The number of fused-ring (bicyclic) bond motifs is 2. The molecule has 2 aliphatic carbocycles. The van der Waals surface area contributed by atoms with E-state index in [4.69, 9.17) is 17.3 Å². The van der Waals surface area contributed by atoms with Gasteiger partial charge in [-0.2, -0.15) is 5.10 Å². The fourth-order valence-corrected chi connectivity index (χ4v) is 4.27. The van der Waals surface area contributed by atoms with Crippen molar-refractivity contribution < 1.29 is 0 Å². The van der Waals surface area contributed by atoms with Gasteiger partial charge in [0.2, 0.25) is 0 Å². The van der Waals surface area contributed by atoms with E-state index in [0.717, 1.165) is 22.6 Å². The standard InChI is InChI=1S/C14H22ClN3/c1-8(2)18-14(12(15)7-17-18)13(16)11-6-9-3-4-10(11)5-9/h7-11,13H,3-6,16H2,1-2H3. The van der Waals surface area contributed by atoms with E-state index in [0.29, 0.717) is 12.0 Å². The molecule has 4 heteroatoms. The summed E-state index contributed by atoms with van der Waals surface area (Å²) >= 11 is 6.30. The summed E-state index contributed by atoms with van der Waals surface area (Å²) in [6, 6.07) is 0.370. The minimum Gasteiger partial charge on any atom is -0.322 e. The Labute approximate surface area is 114 Å². The van der Waals surface area contributed by atoms with Crippen molar-refractivity contribution in [1.29, 1.82) is 0 Å². The maximum Gasteiger partial charge on any atom is 0.0834 e. The van der Waals surface area contributed by atoms with Crippen molar-refractivity contribution in [2.45, 2.75) is 51.6 Å². The first-order valence-corrected chi connectivity index (χ1v) is 7.44. The lowest BCUT2D eigenvalue weighted by molar-refractivity contribution is 0.272. The van der Waals surface area contributed by atoms with Crippen LogP contribution < -0.4 is 5.73 Å². The summed E-state index contributed by atoms with van der Waals surface area (Å²) in [4.78, 5) is 0. The first-order valence-electron chi connectivity index (χ1n) is 7.06. The van der Waals surface area contributed by atoms with Crippen molar-refractivity contribution >= 4 is 11.6 Å². The lowest BCUT2D eigenvalue weighted by Gasteiger charge is -2.29. The van der Waals surface area contributed by atoms with Gasteiger partial charge in [-0.05, 0) is 50.9 Å². The minimum absolute atomic E-state index is 0.0534. The number of aromatic nitrogens is 2. The average molecular weight is 268 g/mol. The van der Waals surface area contributed by atoms with Crippen molar-refractivity contribution in [3.8, 4) is 0 Å². The van der Waals surface area contributed by atoms with Crippen LogP contribution in [0.2, 0.25) is 5.02 Å². The molecular weight excluding hydrogens is 246 g/mol. The van der Waals surface area contributed by atoms with Gasteiger partial charge in [-0.1, -0.05) is 18.0 Å². The molecule has 2 bridgehead atoms. The van der Waals surface area contributed by atoms with Gasteiger partial charge in [-0.3, -0.25) is 4.68 Å². The van der Waals surface area contributed by atoms with E-state index in [-0.39, 0.29) is 6.04 Å². The van der Waals surface area contributed by atoms with Crippen molar-refractivity contribution in [3.63, 3.8) is 0 Å². The Morgan fingerprint density at radius 3 is 2.72 bits per heavy atom. The van der Waals surface area contributed by atoms with Gasteiger partial charge >= 0.3 is 0 Å². The van der Waals surface area contributed by atoms with Crippen molar-refractivity contribution in [2.75, 3.05) is 0 Å². The van der Waals surface area contributed by atoms with Gasteiger partial charge in [0.15, 0.2) is 0 Å². The van der Waals surface area contributed by atoms with Crippen LogP contribution in [0.15, 0.2) is 6.20 Å². The zero-order chi connectivity index (χ0) is 12.9. The predicted octanol–water partition coefficient (Wildman–Crippen LogP) is 3.55. The second kappa shape index (κ2) is 4.53. The smallest absolute Gasteiger partial charge is 0.0834 e. The van der Waals surface area contributed by atoms with Crippen LogP contribution in [0, 0.1) is 17.8 Å². The highest BCUT2D eigenvalue weighted by Gasteiger charge is 2.43. The van der Waals surface area contributed by atoms with E-state index in [1.807, 2.05) is 4.68 Å². The highest BCUT2D eigenvalue weighted by Crippen LogP contribution is 2.52. The number of hydrogen-bond donors (Lipinski definition) is 1. The molecule has 1 heterocycles. The van der Waals surface area contributed by atoms with E-state index >= 15 is 0 Å². The molecule has 0 amide bonds. The van der Waals surface area contributed by atoms with Gasteiger partial charge in [0.1, 0.15) is 0 Å². The summed E-state index contributed by atoms with van der Waals surface area (Å²) in [5.41, 5.74) is 7.57. The Kier molecular flexibility index (Phi) is 3.15. The summed E-state index contributed by atoms with van der Waals surface area (Å²) in [6.07, 6.45) is 7.17. The summed E-state index contributed by atoms with van der Waals surface area (Å²) in [5, 5.41) is 5.11. The van der Waals surface area contributed by atoms with Crippen LogP contribution in [0.25, 0.3) is 0 Å². The van der Waals surface area contributed by atoms with Crippen molar-refractivity contribution in [1.82, 2.24) is 9.78 Å². The molecule has 0 saturated heterocycles. The molecule has 3 rings (SSSR count). The predicted molar refractivity (Wildman–Crippen MR) is 73.5 cm³/mol. The SMILES string of the molecule is CC(C)n1ncc(Cl)c1C(N)C1CC2CCC1C2. The zero-order valence-corrected chi connectivity index (χ0v) is 11.9. The maximum absolute atomic E-state index is 6.53. The molecule has 2 fully saturated rings. The molecule has 4 unspecified atom stereocenters. The summed E-state index contributed by atoms with van der Waals surface area (Å²) in [5.74, 6) is 2.34. The molecule has 1 aromatic heterocycles. The van der Waals surface area contributed by atoms with Crippen LogP contribution in [0.3, 0.4) is 0 Å². The Morgan fingerprint density at radius 2 is 2.17 bits per heavy atom. The third-order valence-electron chi connectivity index (χ3n) is 4.85. The molecule has 4 atom stereocenters. The summed E-state index contributed by atoms with van der Waals surface area (Å²) < 4.78 is 2.00. The number of rotatable bonds is 3.